The maximum absolute atomic E-state index is 10.9. The van der Waals surface area contributed by atoms with E-state index in [4.69, 9.17) is 0 Å². The molecule has 0 unspecified atom stereocenters. The van der Waals surface area contributed by atoms with Gasteiger partial charge in [-0.25, -0.2) is 4.98 Å². The lowest BCUT2D eigenvalue weighted by Gasteiger charge is -1.86. The van der Waals surface area contributed by atoms with E-state index in [-0.39, 0.29) is 18.2 Å². The highest BCUT2D eigenvalue weighted by molar-refractivity contribution is 7.17. The number of carbonyl (C=O) groups is 1. The number of nitrogens with one attached hydrogen (secondary N) is 1. The Morgan fingerprint density at radius 1 is 1.58 bits per heavy atom. The van der Waals surface area contributed by atoms with Crippen molar-refractivity contribution >= 4 is 34.7 Å². The number of aryl methyl sites for hydroxylation is 1. The number of thiazole rings is 1. The molecule has 3 nitrogen and oxygen atoms in total. The average molecular weight is 207 g/mol. The number of hydrogen-bond acceptors (Lipinski definition) is 4. The first-order chi connectivity index (χ1) is 5.15. The van der Waals surface area contributed by atoms with Crippen LogP contribution >= 0.6 is 23.7 Å². The second-order valence-corrected chi connectivity index (χ2v) is 3.24. The van der Waals surface area contributed by atoms with E-state index in [1.807, 2.05) is 6.92 Å². The molecule has 1 aromatic rings. The van der Waals surface area contributed by atoms with Crippen molar-refractivity contribution in [1.29, 1.82) is 0 Å². The van der Waals surface area contributed by atoms with Crippen LogP contribution in [0.25, 0.3) is 0 Å². The molecule has 0 saturated carbocycles. The summed E-state index contributed by atoms with van der Waals surface area (Å²) < 4.78 is 0. The van der Waals surface area contributed by atoms with Crippen molar-refractivity contribution in [3.63, 3.8) is 0 Å². The Morgan fingerprint density at radius 3 is 2.42 bits per heavy atom. The van der Waals surface area contributed by atoms with Gasteiger partial charge in [0.2, 0.25) is 0 Å². The van der Waals surface area contributed by atoms with Gasteiger partial charge in [0.1, 0.15) is 0 Å². The fourth-order valence-corrected chi connectivity index (χ4v) is 1.65. The Balaban J connectivity index is 0.00000121. The highest BCUT2D eigenvalue weighted by Gasteiger charge is 2.09. The van der Waals surface area contributed by atoms with Gasteiger partial charge in [-0.05, 0) is 6.92 Å². The summed E-state index contributed by atoms with van der Waals surface area (Å²) in [6.45, 7) is 3.40. The summed E-state index contributed by atoms with van der Waals surface area (Å²) in [6.07, 6.45) is 0. The second-order valence-electron chi connectivity index (χ2n) is 2.24. The van der Waals surface area contributed by atoms with Crippen LogP contribution in [0, 0.1) is 6.92 Å². The van der Waals surface area contributed by atoms with Gasteiger partial charge in [0.05, 0.1) is 10.6 Å². The summed E-state index contributed by atoms with van der Waals surface area (Å²) in [7, 11) is 1.79. The predicted octanol–water partition coefficient (Wildman–Crippen LogP) is 2.12. The quantitative estimate of drug-likeness (QED) is 0.754. The van der Waals surface area contributed by atoms with Crippen molar-refractivity contribution in [2.45, 2.75) is 13.8 Å². The van der Waals surface area contributed by atoms with Crippen LogP contribution in [0.15, 0.2) is 0 Å². The number of carbonyl (C=O) groups excluding carboxylic acids is 1. The van der Waals surface area contributed by atoms with Crippen LogP contribution in [0.3, 0.4) is 0 Å². The van der Waals surface area contributed by atoms with E-state index in [1.54, 1.807) is 14.0 Å². The largest absolute Gasteiger partial charge is 0.365 e. The van der Waals surface area contributed by atoms with E-state index in [9.17, 15) is 4.79 Å². The molecule has 0 aliphatic rings. The molecular formula is C7H11ClN2OS. The molecule has 0 atom stereocenters. The third kappa shape index (κ3) is 2.19. The minimum Gasteiger partial charge on any atom is -0.365 e. The molecule has 12 heavy (non-hydrogen) atoms. The fraction of sp³-hybridized carbons (Fsp3) is 0.429. The number of Topliss-reactive ketones (excluding diaryl/α,β-unsaturated/α-hetero) is 1. The number of rotatable bonds is 2. The standard InChI is InChI=1S/C7H10N2OS.ClH/c1-4-6(5(2)10)11-7(8-3)9-4;/h1-3H3,(H,8,9);1H. The molecule has 0 bridgehead atoms. The lowest BCUT2D eigenvalue weighted by molar-refractivity contribution is 0.102. The van der Waals surface area contributed by atoms with Crippen molar-refractivity contribution in [1.82, 2.24) is 4.98 Å². The molecule has 0 saturated heterocycles. The number of ketones is 1. The van der Waals surface area contributed by atoms with Crippen molar-refractivity contribution in [3.05, 3.63) is 10.6 Å². The third-order valence-electron chi connectivity index (χ3n) is 1.33. The molecule has 0 amide bonds. The first-order valence-electron chi connectivity index (χ1n) is 3.31. The molecule has 0 radical (unpaired) electrons. The van der Waals surface area contributed by atoms with Gasteiger partial charge in [-0.3, -0.25) is 4.79 Å². The Labute approximate surface area is 81.6 Å². The highest BCUT2D eigenvalue weighted by Crippen LogP contribution is 2.21. The van der Waals surface area contributed by atoms with E-state index < -0.39 is 0 Å². The zero-order valence-electron chi connectivity index (χ0n) is 7.17. The van der Waals surface area contributed by atoms with E-state index in [2.05, 4.69) is 10.3 Å². The van der Waals surface area contributed by atoms with Gasteiger partial charge in [0.25, 0.3) is 0 Å². The molecule has 1 rings (SSSR count). The summed E-state index contributed by atoms with van der Waals surface area (Å²) in [5.74, 6) is 0.0847. The highest BCUT2D eigenvalue weighted by atomic mass is 35.5. The summed E-state index contributed by atoms with van der Waals surface area (Å²) in [4.78, 5) is 15.8. The normalized spacial score (nSPS) is 8.92. The van der Waals surface area contributed by atoms with Crippen LogP contribution in [0.1, 0.15) is 22.3 Å². The zero-order valence-corrected chi connectivity index (χ0v) is 8.80. The van der Waals surface area contributed by atoms with Crippen LogP contribution in [0.2, 0.25) is 0 Å². The summed E-state index contributed by atoms with van der Waals surface area (Å²) in [5.41, 5.74) is 0.812. The minimum atomic E-state index is 0. The van der Waals surface area contributed by atoms with Crippen LogP contribution in [-0.2, 0) is 0 Å². The first-order valence-corrected chi connectivity index (χ1v) is 4.13. The number of anilines is 1. The van der Waals surface area contributed by atoms with Gasteiger partial charge in [0.15, 0.2) is 10.9 Å². The number of nitrogens with zero attached hydrogens (tertiary/aromatic N) is 1. The molecule has 1 heterocycles. The Bertz CT molecular complexity index is 285. The minimum absolute atomic E-state index is 0. The monoisotopic (exact) mass is 206 g/mol. The Hall–Kier alpha value is -0.610. The van der Waals surface area contributed by atoms with Gasteiger partial charge in [0, 0.05) is 14.0 Å². The molecule has 68 valence electrons. The number of hydrogen-bond donors (Lipinski definition) is 1. The van der Waals surface area contributed by atoms with Gasteiger partial charge >= 0.3 is 0 Å². The maximum Gasteiger partial charge on any atom is 0.183 e. The Kier molecular flexibility index (Phi) is 4.20. The molecule has 0 aliphatic heterocycles. The summed E-state index contributed by atoms with van der Waals surface area (Å²) >= 11 is 1.40. The number of halogens is 1. The van der Waals surface area contributed by atoms with E-state index in [0.29, 0.717) is 0 Å². The number of aromatic nitrogens is 1. The Morgan fingerprint density at radius 2 is 2.17 bits per heavy atom. The molecule has 1 N–H and O–H groups in total. The van der Waals surface area contributed by atoms with Crippen LogP contribution in [0.5, 0.6) is 0 Å². The van der Waals surface area contributed by atoms with E-state index in [0.717, 1.165) is 15.7 Å². The molecule has 1 aromatic heterocycles. The topological polar surface area (TPSA) is 42.0 Å². The van der Waals surface area contributed by atoms with Crippen molar-refractivity contribution < 1.29 is 4.79 Å². The molecule has 0 spiro atoms. The average Bonchev–Trinajstić information content (AvgIpc) is 2.30. The smallest absolute Gasteiger partial charge is 0.183 e. The van der Waals surface area contributed by atoms with Gasteiger partial charge in [-0.1, -0.05) is 11.3 Å². The summed E-state index contributed by atoms with van der Waals surface area (Å²) in [6, 6.07) is 0. The van der Waals surface area contributed by atoms with E-state index >= 15 is 0 Å². The SMILES string of the molecule is CNc1nc(C)c(C(C)=O)s1.Cl. The van der Waals surface area contributed by atoms with Gasteiger partial charge in [-0.2, -0.15) is 0 Å². The van der Waals surface area contributed by atoms with Crippen LogP contribution in [0.4, 0.5) is 5.13 Å². The van der Waals surface area contributed by atoms with Crippen LogP contribution in [-0.4, -0.2) is 17.8 Å². The lowest BCUT2D eigenvalue weighted by atomic mass is 10.3. The van der Waals surface area contributed by atoms with Crippen molar-refractivity contribution in [3.8, 4) is 0 Å². The van der Waals surface area contributed by atoms with Crippen molar-refractivity contribution in [2.24, 2.45) is 0 Å². The molecule has 0 aliphatic carbocycles. The zero-order chi connectivity index (χ0) is 8.43. The van der Waals surface area contributed by atoms with E-state index in [1.165, 1.54) is 11.3 Å². The molecule has 5 heteroatoms. The second kappa shape index (κ2) is 4.42. The molecular weight excluding hydrogens is 196 g/mol. The predicted molar refractivity (Wildman–Crippen MR) is 53.7 cm³/mol. The molecule has 0 aromatic carbocycles. The molecule has 0 fully saturated rings. The first kappa shape index (κ1) is 11.4. The fourth-order valence-electron chi connectivity index (χ4n) is 0.830. The lowest BCUT2D eigenvalue weighted by Crippen LogP contribution is -1.89. The third-order valence-corrected chi connectivity index (χ3v) is 2.61. The maximum atomic E-state index is 10.9. The van der Waals surface area contributed by atoms with Gasteiger partial charge < -0.3 is 5.32 Å². The van der Waals surface area contributed by atoms with Gasteiger partial charge in [-0.15, -0.1) is 12.4 Å². The van der Waals surface area contributed by atoms with Crippen molar-refractivity contribution in [2.75, 3.05) is 12.4 Å². The van der Waals surface area contributed by atoms with Crippen LogP contribution < -0.4 is 5.32 Å². The summed E-state index contributed by atoms with van der Waals surface area (Å²) in [5, 5.41) is 3.70.